The summed E-state index contributed by atoms with van der Waals surface area (Å²) in [7, 11) is 2.02. The van der Waals surface area contributed by atoms with E-state index < -0.39 is 29.3 Å². The lowest BCUT2D eigenvalue weighted by atomic mass is 10.2. The molecule has 174 valence electrons. The maximum absolute atomic E-state index is 13.8. The molecule has 1 aliphatic rings. The third-order valence-corrected chi connectivity index (χ3v) is 5.33. The zero-order valence-electron chi connectivity index (χ0n) is 17.7. The molecule has 1 amide bonds. The Morgan fingerprint density at radius 3 is 2.45 bits per heavy atom. The summed E-state index contributed by atoms with van der Waals surface area (Å²) in [5, 5.41) is 9.46. The molecule has 1 N–H and O–H groups in total. The molecule has 0 saturated carbocycles. The fourth-order valence-electron chi connectivity index (χ4n) is 3.58. The number of rotatable bonds is 5. The van der Waals surface area contributed by atoms with Crippen molar-refractivity contribution >= 4 is 11.7 Å². The third-order valence-electron chi connectivity index (χ3n) is 5.33. The molecule has 3 aromatic rings. The molecule has 0 radical (unpaired) electrons. The number of hydrogen-bond acceptors (Lipinski definition) is 6. The average molecular weight is 463 g/mol. The van der Waals surface area contributed by atoms with Gasteiger partial charge in [-0.15, -0.1) is 5.10 Å². The molecule has 1 aliphatic heterocycles. The van der Waals surface area contributed by atoms with Crippen LogP contribution in [0.4, 0.5) is 23.4 Å². The fourth-order valence-corrected chi connectivity index (χ4v) is 3.58. The first-order chi connectivity index (χ1) is 15.7. The molecule has 8 nitrogen and oxygen atoms in total. The van der Waals surface area contributed by atoms with Gasteiger partial charge in [-0.25, -0.2) is 14.1 Å². The maximum atomic E-state index is 13.8. The molecule has 3 heterocycles. The highest BCUT2D eigenvalue weighted by Gasteiger charge is 2.42. The topological polar surface area (TPSA) is 79.2 Å². The van der Waals surface area contributed by atoms with Crippen LogP contribution >= 0.6 is 0 Å². The predicted octanol–water partition coefficient (Wildman–Crippen LogP) is 2.50. The first-order valence-corrected chi connectivity index (χ1v) is 10.2. The number of anilines is 1. The molecule has 2 aromatic heterocycles. The minimum atomic E-state index is -4.91. The molecule has 1 fully saturated rings. The summed E-state index contributed by atoms with van der Waals surface area (Å²) < 4.78 is 55.0. The van der Waals surface area contributed by atoms with Crippen molar-refractivity contribution in [1.29, 1.82) is 0 Å². The Morgan fingerprint density at radius 1 is 1.09 bits per heavy atom. The van der Waals surface area contributed by atoms with E-state index in [2.05, 4.69) is 30.4 Å². The number of hydrogen-bond donors (Lipinski definition) is 1. The zero-order valence-corrected chi connectivity index (χ0v) is 17.7. The molecule has 0 spiro atoms. The van der Waals surface area contributed by atoms with Gasteiger partial charge in [-0.1, -0.05) is 11.3 Å². The number of carbonyl (C=O) groups excluding carboxylic acids is 1. The van der Waals surface area contributed by atoms with Crippen LogP contribution in [0.25, 0.3) is 5.69 Å². The van der Waals surface area contributed by atoms with E-state index in [-0.39, 0.29) is 12.2 Å². The molecule has 0 bridgehead atoms. The largest absolute Gasteiger partial charge is 0.435 e. The Kier molecular flexibility index (Phi) is 6.27. The highest BCUT2D eigenvalue weighted by atomic mass is 19.4. The summed E-state index contributed by atoms with van der Waals surface area (Å²) in [5.41, 5.74) is -1.59. The van der Waals surface area contributed by atoms with Crippen molar-refractivity contribution < 1.29 is 22.4 Å². The molecular formula is C21H21F4N7O. The van der Waals surface area contributed by atoms with Crippen LogP contribution in [0, 0.1) is 5.82 Å². The molecular weight excluding hydrogens is 442 g/mol. The number of alkyl halides is 3. The Balaban J connectivity index is 1.56. The van der Waals surface area contributed by atoms with E-state index in [9.17, 15) is 22.4 Å². The van der Waals surface area contributed by atoms with Gasteiger partial charge in [0.15, 0.2) is 11.4 Å². The van der Waals surface area contributed by atoms with Crippen molar-refractivity contribution in [2.24, 2.45) is 0 Å². The van der Waals surface area contributed by atoms with E-state index in [0.29, 0.717) is 16.1 Å². The van der Waals surface area contributed by atoms with Gasteiger partial charge in [0.05, 0.1) is 5.69 Å². The maximum Gasteiger partial charge on any atom is 0.435 e. The van der Waals surface area contributed by atoms with E-state index >= 15 is 0 Å². The van der Waals surface area contributed by atoms with Gasteiger partial charge in [0, 0.05) is 44.5 Å². The summed E-state index contributed by atoms with van der Waals surface area (Å²) >= 11 is 0. The van der Waals surface area contributed by atoms with E-state index in [1.807, 2.05) is 7.05 Å². The van der Waals surface area contributed by atoms with Gasteiger partial charge >= 0.3 is 6.18 Å². The highest BCUT2D eigenvalue weighted by Crippen LogP contribution is 2.33. The van der Waals surface area contributed by atoms with E-state index in [4.69, 9.17) is 0 Å². The lowest BCUT2D eigenvalue weighted by molar-refractivity contribution is -0.143. The Morgan fingerprint density at radius 2 is 1.79 bits per heavy atom. The molecule has 12 heteroatoms. The van der Waals surface area contributed by atoms with Crippen LogP contribution in [-0.4, -0.2) is 64.0 Å². The number of carbonyl (C=O) groups is 1. The van der Waals surface area contributed by atoms with Crippen molar-refractivity contribution in [3.8, 4) is 5.69 Å². The third kappa shape index (κ3) is 4.95. The summed E-state index contributed by atoms with van der Waals surface area (Å²) in [6.07, 6.45) is -3.28. The second kappa shape index (κ2) is 9.14. The number of nitrogens with one attached hydrogen (secondary N) is 1. The molecule has 0 unspecified atom stereocenters. The Hall–Kier alpha value is -3.54. The Labute approximate surface area is 186 Å². The van der Waals surface area contributed by atoms with Gasteiger partial charge in [0.25, 0.3) is 5.91 Å². The average Bonchev–Trinajstić information content (AvgIpc) is 3.25. The molecule has 1 aromatic carbocycles. The summed E-state index contributed by atoms with van der Waals surface area (Å²) in [5.74, 6) is -0.959. The molecule has 0 atom stereocenters. The summed E-state index contributed by atoms with van der Waals surface area (Å²) in [4.78, 5) is 21.3. The lowest BCUT2D eigenvalue weighted by Crippen LogP contribution is -2.45. The van der Waals surface area contributed by atoms with Crippen LogP contribution in [0.15, 0.2) is 42.6 Å². The van der Waals surface area contributed by atoms with Gasteiger partial charge < -0.3 is 15.1 Å². The number of nitrogens with zero attached hydrogens (tertiary/aromatic N) is 6. The SMILES string of the molecule is CN1CCN(c2ncccc2CNC(=O)c2nnn(-c3ccc(F)cc3)c2C(F)(F)F)CC1. The van der Waals surface area contributed by atoms with Crippen molar-refractivity contribution in [2.45, 2.75) is 12.7 Å². The van der Waals surface area contributed by atoms with Gasteiger partial charge in [-0.05, 0) is 37.4 Å². The lowest BCUT2D eigenvalue weighted by Gasteiger charge is -2.34. The van der Waals surface area contributed by atoms with Gasteiger partial charge in [0.2, 0.25) is 0 Å². The number of benzene rings is 1. The van der Waals surface area contributed by atoms with Crippen molar-refractivity contribution in [1.82, 2.24) is 30.2 Å². The summed E-state index contributed by atoms with van der Waals surface area (Å²) in [6, 6.07) is 7.71. The summed E-state index contributed by atoms with van der Waals surface area (Å²) in [6.45, 7) is 3.17. The molecule has 1 saturated heterocycles. The number of amides is 1. The second-order valence-electron chi connectivity index (χ2n) is 7.63. The van der Waals surface area contributed by atoms with Crippen LogP contribution in [0.1, 0.15) is 21.7 Å². The molecule has 33 heavy (non-hydrogen) atoms. The monoisotopic (exact) mass is 463 g/mol. The van der Waals surface area contributed by atoms with Crippen LogP contribution in [0.2, 0.25) is 0 Å². The first-order valence-electron chi connectivity index (χ1n) is 10.2. The van der Waals surface area contributed by atoms with Crippen LogP contribution < -0.4 is 10.2 Å². The highest BCUT2D eigenvalue weighted by molar-refractivity contribution is 5.93. The number of halogens is 4. The molecule has 0 aliphatic carbocycles. The van der Waals surface area contributed by atoms with Crippen molar-refractivity contribution in [3.05, 3.63) is 65.4 Å². The van der Waals surface area contributed by atoms with Crippen molar-refractivity contribution in [3.63, 3.8) is 0 Å². The number of pyridine rings is 1. The minimum Gasteiger partial charge on any atom is -0.354 e. The minimum absolute atomic E-state index is 0.0327. The van der Waals surface area contributed by atoms with Crippen LogP contribution in [-0.2, 0) is 12.7 Å². The smallest absolute Gasteiger partial charge is 0.354 e. The second-order valence-corrected chi connectivity index (χ2v) is 7.63. The normalized spacial score (nSPS) is 15.0. The standard InChI is InChI=1S/C21H21F4N7O/c1-30-9-11-31(12-10-30)19-14(3-2-8-26-19)13-27-20(33)17-18(21(23,24)25)32(29-28-17)16-6-4-15(22)5-7-16/h2-8H,9-13H2,1H3,(H,27,33). The van der Waals surface area contributed by atoms with E-state index in [0.717, 1.165) is 50.4 Å². The zero-order chi connectivity index (χ0) is 23.6. The van der Waals surface area contributed by atoms with Crippen molar-refractivity contribution in [2.75, 3.05) is 38.1 Å². The first kappa shape index (κ1) is 22.6. The quantitative estimate of drug-likeness (QED) is 0.586. The van der Waals surface area contributed by atoms with Gasteiger partial charge in [0.1, 0.15) is 11.6 Å². The van der Waals surface area contributed by atoms with Crippen LogP contribution in [0.3, 0.4) is 0 Å². The number of piperazine rings is 1. The molecule has 4 rings (SSSR count). The van der Waals surface area contributed by atoms with E-state index in [1.54, 1.807) is 18.3 Å². The van der Waals surface area contributed by atoms with Crippen LogP contribution in [0.5, 0.6) is 0 Å². The number of likely N-dealkylation sites (N-methyl/N-ethyl adjacent to an activating group) is 1. The van der Waals surface area contributed by atoms with E-state index in [1.165, 1.54) is 0 Å². The predicted molar refractivity (Wildman–Crippen MR) is 111 cm³/mol. The fraction of sp³-hybridized carbons (Fsp3) is 0.333. The number of aromatic nitrogens is 4. The van der Waals surface area contributed by atoms with Gasteiger partial charge in [-0.3, -0.25) is 4.79 Å². The van der Waals surface area contributed by atoms with Gasteiger partial charge in [-0.2, -0.15) is 13.2 Å². The Bertz CT molecular complexity index is 1120.